The van der Waals surface area contributed by atoms with Crippen molar-refractivity contribution in [2.45, 2.75) is 0 Å². The third-order valence-electron chi connectivity index (χ3n) is 1.14. The van der Waals surface area contributed by atoms with E-state index in [4.69, 9.17) is 31.5 Å². The second-order valence-corrected chi connectivity index (χ2v) is 9.25. The predicted molar refractivity (Wildman–Crippen MR) is 41.9 cm³/mol. The van der Waals surface area contributed by atoms with Crippen LogP contribution in [0.25, 0.3) is 0 Å². The van der Waals surface area contributed by atoms with Crippen LogP contribution in [0.4, 0.5) is 0 Å². The van der Waals surface area contributed by atoms with Crippen LogP contribution in [-0.2, 0) is 23.3 Å². The minimum absolute atomic E-state index is 0.601. The molecule has 0 unspecified atom stereocenters. The van der Waals surface area contributed by atoms with Crippen molar-refractivity contribution in [3.63, 3.8) is 0 Å². The van der Waals surface area contributed by atoms with Gasteiger partial charge in [0.25, 0.3) is 0 Å². The minimum atomic E-state index is -1.27. The van der Waals surface area contributed by atoms with Crippen LogP contribution < -0.4 is 3.07 Å². The van der Waals surface area contributed by atoms with Crippen LogP contribution in [0.2, 0.25) is 10.0 Å². The van der Waals surface area contributed by atoms with Gasteiger partial charge in [-0.25, -0.2) is 0 Å². The quantitative estimate of drug-likeness (QED) is 0.656. The van der Waals surface area contributed by atoms with Gasteiger partial charge in [0.15, 0.2) is 0 Å². The van der Waals surface area contributed by atoms with Crippen molar-refractivity contribution in [2.75, 3.05) is 0 Å². The Kier molecular flexibility index (Phi) is 3.78. The Bertz CT molecular complexity index is 236. The number of hydrogen-bond donors (Lipinski definition) is 0. The van der Waals surface area contributed by atoms with Gasteiger partial charge in [0.2, 0.25) is 0 Å². The van der Waals surface area contributed by atoms with Crippen LogP contribution in [-0.4, -0.2) is 0 Å². The molecule has 10 heavy (non-hydrogen) atoms. The molecule has 0 aromatic heterocycles. The van der Waals surface area contributed by atoms with Gasteiger partial charge < -0.3 is 0 Å². The van der Waals surface area contributed by atoms with Crippen molar-refractivity contribution in [1.29, 1.82) is 0 Å². The van der Waals surface area contributed by atoms with Gasteiger partial charge in [-0.1, -0.05) is 0 Å². The molecular formula is C6H3Cl3Hg. The monoisotopic (exact) mass is 382 g/mol. The van der Waals surface area contributed by atoms with E-state index >= 15 is 0 Å². The Balaban J connectivity index is 3.04. The van der Waals surface area contributed by atoms with Crippen molar-refractivity contribution in [3.8, 4) is 0 Å². The van der Waals surface area contributed by atoms with Gasteiger partial charge in [0.05, 0.1) is 0 Å². The Morgan fingerprint density at radius 3 is 2.30 bits per heavy atom. The predicted octanol–water partition coefficient (Wildman–Crippen LogP) is 2.86. The molecule has 0 saturated carbocycles. The first-order valence-corrected chi connectivity index (χ1v) is 13.0. The van der Waals surface area contributed by atoms with Gasteiger partial charge in [0, 0.05) is 0 Å². The van der Waals surface area contributed by atoms with Crippen molar-refractivity contribution in [3.05, 3.63) is 28.2 Å². The van der Waals surface area contributed by atoms with Gasteiger partial charge in [-0.05, 0) is 0 Å². The summed E-state index contributed by atoms with van der Waals surface area (Å²) in [5.74, 6) is 0. The topological polar surface area (TPSA) is 0 Å². The molecule has 0 radical (unpaired) electrons. The zero-order valence-electron chi connectivity index (χ0n) is 5.07. The molecule has 0 spiro atoms. The molecular weight excluding hydrogens is 379 g/mol. The molecule has 4 heteroatoms. The number of hydrogen-bond acceptors (Lipinski definition) is 0. The summed E-state index contributed by atoms with van der Waals surface area (Å²) in [6.45, 7) is 0. The molecule has 1 aromatic carbocycles. The molecule has 50 valence electrons. The fourth-order valence-electron chi connectivity index (χ4n) is 0.623. The molecule has 1 rings (SSSR count). The van der Waals surface area contributed by atoms with Crippen LogP contribution in [0.5, 0.6) is 0 Å². The third-order valence-corrected chi connectivity index (χ3v) is 7.49. The molecule has 0 aliphatic rings. The van der Waals surface area contributed by atoms with Gasteiger partial charge in [-0.15, -0.1) is 0 Å². The van der Waals surface area contributed by atoms with Crippen LogP contribution >= 0.6 is 31.5 Å². The zero-order valence-corrected chi connectivity index (χ0v) is 12.8. The average molecular weight is 382 g/mol. The van der Waals surface area contributed by atoms with Crippen LogP contribution in [0.15, 0.2) is 18.2 Å². The molecule has 0 N–H and O–H groups in total. The first-order chi connectivity index (χ1) is 4.74. The Morgan fingerprint density at radius 1 is 1.10 bits per heavy atom. The second kappa shape index (κ2) is 4.15. The molecule has 0 fully saturated rings. The van der Waals surface area contributed by atoms with Crippen molar-refractivity contribution in [2.24, 2.45) is 0 Å². The van der Waals surface area contributed by atoms with Gasteiger partial charge in [-0.3, -0.25) is 0 Å². The summed E-state index contributed by atoms with van der Waals surface area (Å²) in [7, 11) is 5.77. The molecule has 0 aliphatic carbocycles. The molecule has 0 bridgehead atoms. The summed E-state index contributed by atoms with van der Waals surface area (Å²) in [6.07, 6.45) is 0. The van der Waals surface area contributed by atoms with E-state index in [9.17, 15) is 0 Å². The number of benzene rings is 1. The SMILES string of the molecule is [Cl][Hg][c]1ccc(Cl)c(Cl)c1. The van der Waals surface area contributed by atoms with E-state index in [2.05, 4.69) is 0 Å². The summed E-state index contributed by atoms with van der Waals surface area (Å²) < 4.78 is 1.20. The molecule has 0 heterocycles. The molecule has 0 nitrogen and oxygen atoms in total. The van der Waals surface area contributed by atoms with Gasteiger partial charge >= 0.3 is 86.1 Å². The summed E-state index contributed by atoms with van der Waals surface area (Å²) >= 11 is 10.2. The third kappa shape index (κ3) is 2.26. The second-order valence-electron chi connectivity index (χ2n) is 1.88. The first-order valence-electron chi connectivity index (χ1n) is 2.74. The van der Waals surface area contributed by atoms with E-state index in [1.54, 1.807) is 6.07 Å². The van der Waals surface area contributed by atoms with Crippen molar-refractivity contribution in [1.82, 2.24) is 0 Å². The fourth-order valence-corrected chi connectivity index (χ4v) is 4.80. The van der Waals surface area contributed by atoms with Crippen molar-refractivity contribution >= 4 is 34.5 Å². The van der Waals surface area contributed by atoms with E-state index in [1.807, 2.05) is 12.1 Å². The van der Waals surface area contributed by atoms with E-state index < -0.39 is 23.3 Å². The summed E-state index contributed by atoms with van der Waals surface area (Å²) in [5.41, 5.74) is 0. The number of halogens is 3. The van der Waals surface area contributed by atoms with E-state index in [-0.39, 0.29) is 0 Å². The van der Waals surface area contributed by atoms with E-state index in [0.717, 1.165) is 0 Å². The van der Waals surface area contributed by atoms with E-state index in [0.29, 0.717) is 10.0 Å². The molecule has 0 atom stereocenters. The maximum atomic E-state index is 5.77. The van der Waals surface area contributed by atoms with E-state index in [1.165, 1.54) is 3.07 Å². The maximum absolute atomic E-state index is 5.77. The van der Waals surface area contributed by atoms with Gasteiger partial charge in [-0.2, -0.15) is 0 Å². The normalized spacial score (nSPS) is 9.10. The van der Waals surface area contributed by atoms with Crippen molar-refractivity contribution < 1.29 is 23.3 Å². The molecule has 0 saturated heterocycles. The Hall–Kier alpha value is 1.03. The standard InChI is InChI=1S/C6H3Cl2.ClH.Hg/c7-5-3-1-2-4-6(5)8;;/h1,3-4H;1H;/q;;+1/p-1. The molecule has 0 aliphatic heterocycles. The Morgan fingerprint density at radius 2 is 1.80 bits per heavy atom. The number of rotatable bonds is 1. The molecule has 1 aromatic rings. The van der Waals surface area contributed by atoms with Crippen LogP contribution in [0.1, 0.15) is 0 Å². The molecule has 0 amide bonds. The average Bonchev–Trinajstić information content (AvgIpc) is 1.95. The van der Waals surface area contributed by atoms with Crippen LogP contribution in [0.3, 0.4) is 0 Å². The van der Waals surface area contributed by atoms with Crippen LogP contribution in [0, 0.1) is 0 Å². The zero-order chi connectivity index (χ0) is 7.56. The summed E-state index contributed by atoms with van der Waals surface area (Å²) in [4.78, 5) is 0. The fraction of sp³-hybridized carbons (Fsp3) is 0. The summed E-state index contributed by atoms with van der Waals surface area (Å²) in [6, 6.07) is 5.60. The Labute approximate surface area is 85.3 Å². The summed E-state index contributed by atoms with van der Waals surface area (Å²) in [5, 5.41) is 1.21. The van der Waals surface area contributed by atoms with Gasteiger partial charge in [0.1, 0.15) is 0 Å². The first kappa shape index (κ1) is 9.12.